The highest BCUT2D eigenvalue weighted by Crippen LogP contribution is 2.22. The number of hydrogen-bond acceptors (Lipinski definition) is 2. The molecule has 0 aliphatic rings. The average Bonchev–Trinajstić information content (AvgIpc) is 2.36. The smallest absolute Gasteiger partial charge is 0.254 e. The summed E-state index contributed by atoms with van der Waals surface area (Å²) in [6, 6.07) is 5.69. The molecule has 2 aromatic rings. The summed E-state index contributed by atoms with van der Waals surface area (Å²) in [7, 11) is 3.68. The fraction of sp³-hybridized carbons (Fsp3) is 0.357. The van der Waals surface area contributed by atoms with E-state index in [2.05, 4.69) is 5.32 Å². The van der Waals surface area contributed by atoms with Gasteiger partial charge >= 0.3 is 0 Å². The maximum atomic E-state index is 12.3. The maximum absolute atomic E-state index is 12.3. The summed E-state index contributed by atoms with van der Waals surface area (Å²) in [5, 5.41) is 4.82. The molecule has 1 aromatic carbocycles. The van der Waals surface area contributed by atoms with Crippen molar-refractivity contribution >= 4 is 22.5 Å². The zero-order valence-electron chi connectivity index (χ0n) is 10.9. The summed E-state index contributed by atoms with van der Waals surface area (Å²) in [6.45, 7) is 2.80. The van der Waals surface area contributed by atoms with Gasteiger partial charge in [-0.3, -0.25) is 4.79 Å². The van der Waals surface area contributed by atoms with Crippen LogP contribution in [0.1, 0.15) is 11.1 Å². The number of nitrogens with one attached hydrogen (secondary N) is 1. The molecule has 2 rings (SSSR count). The Balaban J connectivity index is 2.75. The lowest BCUT2D eigenvalue weighted by molar-refractivity contribution is 0.768. The second-order valence-electron chi connectivity index (χ2n) is 4.48. The summed E-state index contributed by atoms with van der Waals surface area (Å²) in [5.41, 5.74) is 2.89. The van der Waals surface area contributed by atoms with Gasteiger partial charge in [0.1, 0.15) is 0 Å². The van der Waals surface area contributed by atoms with Crippen molar-refractivity contribution in [3.05, 3.63) is 44.7 Å². The molecule has 1 aromatic heterocycles. The number of aryl methyl sites for hydroxylation is 2. The molecule has 1 heterocycles. The average molecular weight is 265 g/mol. The van der Waals surface area contributed by atoms with Crippen LogP contribution in [0.3, 0.4) is 0 Å². The van der Waals surface area contributed by atoms with Gasteiger partial charge in [-0.25, -0.2) is 0 Å². The molecule has 0 amide bonds. The molecule has 1 N–H and O–H groups in total. The topological polar surface area (TPSA) is 34.0 Å². The molecule has 3 nitrogen and oxygen atoms in total. The molecule has 0 aliphatic carbocycles. The summed E-state index contributed by atoms with van der Waals surface area (Å²) < 4.78 is 1.68. The molecule has 0 aliphatic heterocycles. The van der Waals surface area contributed by atoms with Crippen LogP contribution in [0, 0.1) is 6.92 Å². The number of rotatable bonds is 3. The third-order valence-corrected chi connectivity index (χ3v) is 3.60. The molecular formula is C14H17ClN2O. The zero-order valence-corrected chi connectivity index (χ0v) is 11.6. The minimum absolute atomic E-state index is 0.0671. The fourth-order valence-electron chi connectivity index (χ4n) is 2.28. The van der Waals surface area contributed by atoms with E-state index in [0.29, 0.717) is 5.02 Å². The third-order valence-electron chi connectivity index (χ3n) is 3.37. The molecule has 0 fully saturated rings. The van der Waals surface area contributed by atoms with Gasteiger partial charge in [0.05, 0.1) is 5.52 Å². The Morgan fingerprint density at radius 3 is 2.78 bits per heavy atom. The Kier molecular flexibility index (Phi) is 3.73. The fourth-order valence-corrected chi connectivity index (χ4v) is 2.44. The molecule has 0 spiro atoms. The summed E-state index contributed by atoms with van der Waals surface area (Å²) in [6.07, 6.45) is 0.744. The molecular weight excluding hydrogens is 248 g/mol. The van der Waals surface area contributed by atoms with Crippen LogP contribution in [0.2, 0.25) is 5.02 Å². The largest absolute Gasteiger partial charge is 0.319 e. The van der Waals surface area contributed by atoms with Crippen molar-refractivity contribution < 1.29 is 0 Å². The van der Waals surface area contributed by atoms with Gasteiger partial charge in [0, 0.05) is 23.0 Å². The Morgan fingerprint density at radius 2 is 2.11 bits per heavy atom. The Labute approximate surface area is 111 Å². The predicted octanol–water partition coefficient (Wildman–Crippen LogP) is 2.26. The van der Waals surface area contributed by atoms with E-state index in [9.17, 15) is 4.79 Å². The highest BCUT2D eigenvalue weighted by atomic mass is 35.5. The van der Waals surface area contributed by atoms with E-state index in [1.165, 1.54) is 0 Å². The van der Waals surface area contributed by atoms with Gasteiger partial charge < -0.3 is 9.88 Å². The maximum Gasteiger partial charge on any atom is 0.254 e. The molecule has 4 heteroatoms. The van der Waals surface area contributed by atoms with E-state index in [1.807, 2.05) is 32.2 Å². The third kappa shape index (κ3) is 2.16. The number of fused-ring (bicyclic) bond motifs is 1. The lowest BCUT2D eigenvalue weighted by Crippen LogP contribution is -2.25. The van der Waals surface area contributed by atoms with Gasteiger partial charge in [-0.05, 0) is 44.6 Å². The van der Waals surface area contributed by atoms with E-state index in [-0.39, 0.29) is 5.56 Å². The van der Waals surface area contributed by atoms with Crippen LogP contribution in [0.15, 0.2) is 23.0 Å². The van der Waals surface area contributed by atoms with Crippen LogP contribution in [0.5, 0.6) is 0 Å². The number of benzene rings is 1. The van der Waals surface area contributed by atoms with Crippen LogP contribution < -0.4 is 10.9 Å². The van der Waals surface area contributed by atoms with Crippen molar-refractivity contribution in [1.29, 1.82) is 0 Å². The highest BCUT2D eigenvalue weighted by Gasteiger charge is 2.11. The highest BCUT2D eigenvalue weighted by molar-refractivity contribution is 6.31. The summed E-state index contributed by atoms with van der Waals surface area (Å²) in [5.74, 6) is 0. The van der Waals surface area contributed by atoms with Gasteiger partial charge in [-0.2, -0.15) is 0 Å². The standard InChI is InChI=1S/C14H17ClN2O/c1-9-11-5-4-10(15)8-13(11)17(3)14(18)12(9)6-7-16-2/h4-5,8,16H,6-7H2,1-3H3. The molecule has 18 heavy (non-hydrogen) atoms. The van der Waals surface area contributed by atoms with Crippen molar-refractivity contribution in [2.45, 2.75) is 13.3 Å². The minimum Gasteiger partial charge on any atom is -0.319 e. The lowest BCUT2D eigenvalue weighted by Gasteiger charge is -2.13. The molecule has 0 unspecified atom stereocenters. The van der Waals surface area contributed by atoms with Gasteiger partial charge in [0.2, 0.25) is 0 Å². The summed E-state index contributed by atoms with van der Waals surface area (Å²) in [4.78, 5) is 12.3. The zero-order chi connectivity index (χ0) is 13.3. The Bertz CT molecular complexity index is 646. The number of aromatic nitrogens is 1. The second-order valence-corrected chi connectivity index (χ2v) is 4.92. The van der Waals surface area contributed by atoms with Gasteiger partial charge in [0.25, 0.3) is 5.56 Å². The van der Waals surface area contributed by atoms with Crippen LogP contribution in [-0.4, -0.2) is 18.2 Å². The van der Waals surface area contributed by atoms with Crippen LogP contribution in [0.4, 0.5) is 0 Å². The number of halogens is 1. The van der Waals surface area contributed by atoms with Crippen molar-refractivity contribution in [3.8, 4) is 0 Å². The van der Waals surface area contributed by atoms with Gasteiger partial charge in [-0.1, -0.05) is 17.7 Å². The monoisotopic (exact) mass is 264 g/mol. The molecule has 0 atom stereocenters. The molecule has 0 bridgehead atoms. The predicted molar refractivity (Wildman–Crippen MR) is 76.6 cm³/mol. The van der Waals surface area contributed by atoms with E-state index in [1.54, 1.807) is 11.6 Å². The minimum atomic E-state index is 0.0671. The quantitative estimate of drug-likeness (QED) is 0.923. The first-order valence-electron chi connectivity index (χ1n) is 5.98. The SMILES string of the molecule is CNCCc1c(C)c2ccc(Cl)cc2n(C)c1=O. The first-order chi connectivity index (χ1) is 8.56. The second kappa shape index (κ2) is 5.12. The van der Waals surface area contributed by atoms with Crippen molar-refractivity contribution in [2.24, 2.45) is 7.05 Å². The van der Waals surface area contributed by atoms with Crippen LogP contribution in [-0.2, 0) is 13.5 Å². The van der Waals surface area contributed by atoms with E-state index >= 15 is 0 Å². The first-order valence-corrected chi connectivity index (χ1v) is 6.36. The number of nitrogens with zero attached hydrogens (tertiary/aromatic N) is 1. The first kappa shape index (κ1) is 13.1. The van der Waals surface area contributed by atoms with Crippen LogP contribution >= 0.6 is 11.6 Å². The van der Waals surface area contributed by atoms with Crippen LogP contribution in [0.25, 0.3) is 10.9 Å². The Morgan fingerprint density at radius 1 is 1.39 bits per heavy atom. The van der Waals surface area contributed by atoms with Gasteiger partial charge in [-0.15, -0.1) is 0 Å². The molecule has 0 radical (unpaired) electrons. The summed E-state index contributed by atoms with van der Waals surface area (Å²) >= 11 is 5.99. The number of likely N-dealkylation sites (N-methyl/N-ethyl adjacent to an activating group) is 1. The Hall–Kier alpha value is -1.32. The van der Waals surface area contributed by atoms with E-state index < -0.39 is 0 Å². The van der Waals surface area contributed by atoms with E-state index in [4.69, 9.17) is 11.6 Å². The number of pyridine rings is 1. The van der Waals surface area contributed by atoms with Crippen molar-refractivity contribution in [1.82, 2.24) is 9.88 Å². The molecule has 96 valence electrons. The van der Waals surface area contributed by atoms with Crippen molar-refractivity contribution in [2.75, 3.05) is 13.6 Å². The van der Waals surface area contributed by atoms with Gasteiger partial charge in [0.15, 0.2) is 0 Å². The number of hydrogen-bond donors (Lipinski definition) is 1. The lowest BCUT2D eigenvalue weighted by atomic mass is 10.0. The normalized spacial score (nSPS) is 11.1. The molecule has 0 saturated heterocycles. The molecule has 0 saturated carbocycles. The van der Waals surface area contributed by atoms with Crippen molar-refractivity contribution in [3.63, 3.8) is 0 Å². The van der Waals surface area contributed by atoms with E-state index in [0.717, 1.165) is 35.0 Å².